The summed E-state index contributed by atoms with van der Waals surface area (Å²) >= 11 is 5.49. The summed E-state index contributed by atoms with van der Waals surface area (Å²) in [5.41, 5.74) is 0. The van der Waals surface area contributed by atoms with E-state index in [9.17, 15) is 0 Å². The van der Waals surface area contributed by atoms with Crippen molar-refractivity contribution in [3.05, 3.63) is 12.7 Å². The predicted octanol–water partition coefficient (Wildman–Crippen LogP) is 1.26. The second-order valence-electron chi connectivity index (χ2n) is 7.18. The van der Waals surface area contributed by atoms with E-state index < -0.39 is 0 Å². The molecule has 0 aromatic heterocycles. The Morgan fingerprint density at radius 1 is 1.24 bits per heavy atom. The molecule has 0 amide bonds. The second kappa shape index (κ2) is 7.10. The molecular formula is C17H30N3S+. The van der Waals surface area contributed by atoms with Crippen LogP contribution in [0.1, 0.15) is 44.9 Å². The molecule has 3 heterocycles. The molecule has 3 saturated heterocycles. The number of piperidine rings is 3. The third-order valence-electron chi connectivity index (χ3n) is 5.86. The molecule has 3 nitrogen and oxygen atoms in total. The van der Waals surface area contributed by atoms with Crippen molar-refractivity contribution < 1.29 is 4.90 Å². The first kappa shape index (κ1) is 15.3. The number of rotatable bonds is 4. The van der Waals surface area contributed by atoms with Gasteiger partial charge in [-0.2, -0.15) is 0 Å². The Morgan fingerprint density at radius 2 is 2.05 bits per heavy atom. The van der Waals surface area contributed by atoms with Crippen LogP contribution in [0, 0.1) is 11.8 Å². The van der Waals surface area contributed by atoms with Crippen molar-refractivity contribution in [3.8, 4) is 0 Å². The summed E-state index contributed by atoms with van der Waals surface area (Å²) in [4.78, 5) is 1.76. The number of hydrogen-bond acceptors (Lipinski definition) is 1. The fourth-order valence-electron chi connectivity index (χ4n) is 4.55. The normalized spacial score (nSPS) is 36.2. The van der Waals surface area contributed by atoms with Gasteiger partial charge < -0.3 is 15.5 Å². The van der Waals surface area contributed by atoms with Crippen molar-refractivity contribution >= 4 is 17.3 Å². The Labute approximate surface area is 134 Å². The minimum atomic E-state index is 0.611. The van der Waals surface area contributed by atoms with Gasteiger partial charge in [0.2, 0.25) is 0 Å². The van der Waals surface area contributed by atoms with Gasteiger partial charge in [-0.15, -0.1) is 6.58 Å². The van der Waals surface area contributed by atoms with Crippen LogP contribution in [0.4, 0.5) is 0 Å². The molecule has 3 N–H and O–H groups in total. The van der Waals surface area contributed by atoms with Gasteiger partial charge in [0.25, 0.3) is 0 Å². The Kier molecular flexibility index (Phi) is 5.17. The van der Waals surface area contributed by atoms with Gasteiger partial charge in [-0.3, -0.25) is 0 Å². The van der Waals surface area contributed by atoms with Crippen molar-refractivity contribution in [1.82, 2.24) is 10.6 Å². The molecule has 4 fully saturated rings. The second-order valence-corrected chi connectivity index (χ2v) is 7.59. The molecule has 0 spiro atoms. The lowest BCUT2D eigenvalue weighted by atomic mass is 9.75. The van der Waals surface area contributed by atoms with Crippen molar-refractivity contribution in [2.75, 3.05) is 19.6 Å². The standard InChI is InChI=1S/C17H29N3S/c1-2-13-12-20-9-8-14(13)10-16(20)11-18-17(21)19-15-6-4-3-5-7-15/h2,13-16H,1,3-12H2,(H2,18,19,21)/p+1/t13-,14+,16+/m0/s1. The monoisotopic (exact) mass is 308 g/mol. The molecule has 1 aliphatic carbocycles. The first-order valence-corrected chi connectivity index (χ1v) is 9.18. The van der Waals surface area contributed by atoms with Crippen LogP contribution in [0.25, 0.3) is 0 Å². The maximum atomic E-state index is 5.49. The van der Waals surface area contributed by atoms with E-state index in [0.717, 1.165) is 29.5 Å². The van der Waals surface area contributed by atoms with E-state index in [1.165, 1.54) is 58.0 Å². The fourth-order valence-corrected chi connectivity index (χ4v) is 4.80. The van der Waals surface area contributed by atoms with Gasteiger partial charge in [-0.1, -0.05) is 25.3 Å². The van der Waals surface area contributed by atoms with Crippen molar-refractivity contribution in [2.24, 2.45) is 11.8 Å². The van der Waals surface area contributed by atoms with E-state index >= 15 is 0 Å². The smallest absolute Gasteiger partial charge is 0.166 e. The fraction of sp³-hybridized carbons (Fsp3) is 0.824. The van der Waals surface area contributed by atoms with E-state index in [1.807, 2.05) is 0 Å². The Hall–Kier alpha value is -0.610. The molecule has 118 valence electrons. The number of hydrogen-bond donors (Lipinski definition) is 3. The quantitative estimate of drug-likeness (QED) is 0.539. The summed E-state index contributed by atoms with van der Waals surface area (Å²) in [6.07, 6.45) is 11.6. The van der Waals surface area contributed by atoms with E-state index in [-0.39, 0.29) is 0 Å². The maximum absolute atomic E-state index is 5.49. The van der Waals surface area contributed by atoms with Gasteiger partial charge in [0.1, 0.15) is 6.04 Å². The third kappa shape index (κ3) is 3.78. The van der Waals surface area contributed by atoms with Crippen LogP contribution < -0.4 is 15.5 Å². The Morgan fingerprint density at radius 3 is 2.71 bits per heavy atom. The first-order valence-electron chi connectivity index (χ1n) is 8.77. The van der Waals surface area contributed by atoms with Crippen LogP contribution in [0.3, 0.4) is 0 Å². The molecule has 4 atom stereocenters. The van der Waals surface area contributed by atoms with Gasteiger partial charge in [-0.25, -0.2) is 0 Å². The summed E-state index contributed by atoms with van der Waals surface area (Å²) in [5.74, 6) is 1.61. The molecule has 2 bridgehead atoms. The average molecular weight is 309 g/mol. The molecule has 0 radical (unpaired) electrons. The summed E-state index contributed by atoms with van der Waals surface area (Å²) in [7, 11) is 0. The third-order valence-corrected chi connectivity index (χ3v) is 6.12. The molecule has 1 unspecified atom stereocenters. The number of fused-ring (bicyclic) bond motifs is 3. The summed E-state index contributed by atoms with van der Waals surface area (Å²) in [5, 5.41) is 7.89. The highest BCUT2D eigenvalue weighted by atomic mass is 32.1. The zero-order valence-electron chi connectivity index (χ0n) is 13.1. The molecule has 3 aliphatic heterocycles. The SMILES string of the molecule is C=C[C@H]1C[NH+]2CC[C@@H]1C[C@@H]2CNC(=S)NC1CCCCC1. The van der Waals surface area contributed by atoms with Crippen LogP contribution >= 0.6 is 12.2 Å². The van der Waals surface area contributed by atoms with Gasteiger partial charge >= 0.3 is 0 Å². The van der Waals surface area contributed by atoms with Crippen LogP contribution in [0.5, 0.6) is 0 Å². The number of thiocarbonyl (C=S) groups is 1. The van der Waals surface area contributed by atoms with Crippen molar-refractivity contribution in [1.29, 1.82) is 0 Å². The highest BCUT2D eigenvalue weighted by Crippen LogP contribution is 2.27. The first-order chi connectivity index (χ1) is 10.3. The summed E-state index contributed by atoms with van der Waals surface area (Å²) in [6.45, 7) is 7.66. The van der Waals surface area contributed by atoms with Gasteiger partial charge in [0.05, 0.1) is 19.6 Å². The lowest BCUT2D eigenvalue weighted by Gasteiger charge is -2.46. The molecule has 0 aromatic rings. The minimum Gasteiger partial charge on any atom is -0.360 e. The topological polar surface area (TPSA) is 28.5 Å². The van der Waals surface area contributed by atoms with E-state index in [2.05, 4.69) is 23.3 Å². The number of quaternary nitrogens is 1. The van der Waals surface area contributed by atoms with Crippen LogP contribution in [-0.4, -0.2) is 36.8 Å². The predicted molar refractivity (Wildman–Crippen MR) is 91.5 cm³/mol. The van der Waals surface area contributed by atoms with E-state index in [1.54, 1.807) is 4.90 Å². The van der Waals surface area contributed by atoms with E-state index in [4.69, 9.17) is 12.2 Å². The van der Waals surface area contributed by atoms with Gasteiger partial charge in [0, 0.05) is 24.8 Å². The van der Waals surface area contributed by atoms with Crippen molar-refractivity contribution in [2.45, 2.75) is 57.0 Å². The average Bonchev–Trinajstić information content (AvgIpc) is 2.54. The zero-order valence-corrected chi connectivity index (χ0v) is 13.9. The molecule has 0 aromatic carbocycles. The van der Waals surface area contributed by atoms with Crippen LogP contribution in [-0.2, 0) is 0 Å². The lowest BCUT2D eigenvalue weighted by molar-refractivity contribution is -0.944. The summed E-state index contributed by atoms with van der Waals surface area (Å²) < 4.78 is 0. The van der Waals surface area contributed by atoms with Crippen LogP contribution in [0.2, 0.25) is 0 Å². The largest absolute Gasteiger partial charge is 0.360 e. The van der Waals surface area contributed by atoms with Gasteiger partial charge in [0.15, 0.2) is 5.11 Å². The lowest BCUT2D eigenvalue weighted by Crippen LogP contribution is -3.20. The van der Waals surface area contributed by atoms with Crippen LogP contribution in [0.15, 0.2) is 12.7 Å². The van der Waals surface area contributed by atoms with Gasteiger partial charge in [-0.05, 0) is 31.0 Å². The summed E-state index contributed by atoms with van der Waals surface area (Å²) in [6, 6.07) is 1.35. The van der Waals surface area contributed by atoms with E-state index in [0.29, 0.717) is 6.04 Å². The molecule has 21 heavy (non-hydrogen) atoms. The molecule has 4 rings (SSSR count). The van der Waals surface area contributed by atoms with Crippen molar-refractivity contribution in [3.63, 3.8) is 0 Å². The highest BCUT2D eigenvalue weighted by molar-refractivity contribution is 7.80. The molecule has 1 saturated carbocycles. The minimum absolute atomic E-state index is 0.611. The highest BCUT2D eigenvalue weighted by Gasteiger charge is 2.42. The Balaban J connectivity index is 1.41. The molecular weight excluding hydrogens is 278 g/mol. The number of nitrogens with one attached hydrogen (secondary N) is 3. The maximum Gasteiger partial charge on any atom is 0.166 e. The Bertz CT molecular complexity index is 378. The molecule has 4 heteroatoms. The zero-order chi connectivity index (χ0) is 14.7. The molecule has 4 aliphatic rings.